The third kappa shape index (κ3) is 4.05. The largest absolute Gasteiger partial charge is 0.508 e. The van der Waals surface area contributed by atoms with E-state index in [1.807, 2.05) is 20.8 Å². The van der Waals surface area contributed by atoms with Gasteiger partial charge in [-0.3, -0.25) is 0 Å². The van der Waals surface area contributed by atoms with Crippen molar-refractivity contribution < 1.29 is 19.4 Å². The molecular formula is C15H21NO4. The van der Waals surface area contributed by atoms with Crippen LogP contribution >= 0.6 is 0 Å². The summed E-state index contributed by atoms with van der Waals surface area (Å²) in [6, 6.07) is 6.62. The maximum atomic E-state index is 11.7. The lowest BCUT2D eigenvalue weighted by molar-refractivity contribution is -0.00781. The number of carbonyl (C=O) groups excluding carboxylic acids is 1. The summed E-state index contributed by atoms with van der Waals surface area (Å²) in [4.78, 5) is 13.4. The predicted molar refractivity (Wildman–Crippen MR) is 74.9 cm³/mol. The summed E-state index contributed by atoms with van der Waals surface area (Å²) in [6.45, 7) is 7.45. The van der Waals surface area contributed by atoms with Crippen molar-refractivity contribution in [3.8, 4) is 11.5 Å². The van der Waals surface area contributed by atoms with Crippen LogP contribution in [0.1, 0.15) is 20.8 Å². The predicted octanol–water partition coefficient (Wildman–Crippen LogP) is 2.64. The number of phenols is 1. The summed E-state index contributed by atoms with van der Waals surface area (Å²) >= 11 is 0. The smallest absolute Gasteiger partial charge is 0.410 e. The molecule has 1 aliphatic heterocycles. The normalized spacial score (nSPS) is 15.7. The number of aromatic hydroxyl groups is 1. The fourth-order valence-corrected chi connectivity index (χ4v) is 1.91. The van der Waals surface area contributed by atoms with Crippen molar-refractivity contribution >= 4 is 6.09 Å². The summed E-state index contributed by atoms with van der Waals surface area (Å²) in [5, 5.41) is 9.17. The van der Waals surface area contributed by atoms with Gasteiger partial charge in [-0.25, -0.2) is 4.79 Å². The molecule has 5 heteroatoms. The van der Waals surface area contributed by atoms with Gasteiger partial charge in [-0.2, -0.15) is 0 Å². The molecule has 0 aromatic heterocycles. The van der Waals surface area contributed by atoms with Gasteiger partial charge >= 0.3 is 6.09 Å². The summed E-state index contributed by atoms with van der Waals surface area (Å²) in [6.07, 6.45) is -0.265. The first-order valence-corrected chi connectivity index (χ1v) is 6.73. The SMILES string of the molecule is CC(C)(C)OC(=O)N1CC(COc2ccc(O)cc2)C1. The van der Waals surface area contributed by atoms with Gasteiger partial charge in [-0.15, -0.1) is 0 Å². The molecule has 1 heterocycles. The van der Waals surface area contributed by atoms with Crippen molar-refractivity contribution in [3.63, 3.8) is 0 Å². The van der Waals surface area contributed by atoms with E-state index in [1.165, 1.54) is 0 Å². The first-order chi connectivity index (χ1) is 9.33. The van der Waals surface area contributed by atoms with Crippen LogP contribution in [0, 0.1) is 5.92 Å². The highest BCUT2D eigenvalue weighted by molar-refractivity contribution is 5.69. The van der Waals surface area contributed by atoms with Crippen LogP contribution in [0.5, 0.6) is 11.5 Å². The Labute approximate surface area is 119 Å². The van der Waals surface area contributed by atoms with E-state index in [4.69, 9.17) is 14.6 Å². The number of hydrogen-bond donors (Lipinski definition) is 1. The molecule has 1 fully saturated rings. The van der Waals surface area contributed by atoms with E-state index in [-0.39, 0.29) is 11.8 Å². The van der Waals surface area contributed by atoms with Gasteiger partial charge in [0.25, 0.3) is 0 Å². The molecule has 0 spiro atoms. The zero-order valence-electron chi connectivity index (χ0n) is 12.1. The standard InChI is InChI=1S/C15H21NO4/c1-15(2,3)20-14(18)16-8-11(9-16)10-19-13-6-4-12(17)5-7-13/h4-7,11,17H,8-10H2,1-3H3. The Morgan fingerprint density at radius 1 is 1.30 bits per heavy atom. The Balaban J connectivity index is 1.69. The number of hydrogen-bond acceptors (Lipinski definition) is 4. The molecule has 20 heavy (non-hydrogen) atoms. The minimum Gasteiger partial charge on any atom is -0.508 e. The molecular weight excluding hydrogens is 258 g/mol. The molecule has 0 radical (unpaired) electrons. The van der Waals surface area contributed by atoms with E-state index in [0.717, 1.165) is 5.75 Å². The summed E-state index contributed by atoms with van der Waals surface area (Å²) in [5.41, 5.74) is -0.454. The van der Waals surface area contributed by atoms with Crippen molar-refractivity contribution in [2.45, 2.75) is 26.4 Å². The van der Waals surface area contributed by atoms with Crippen molar-refractivity contribution in [3.05, 3.63) is 24.3 Å². The molecule has 110 valence electrons. The highest BCUT2D eigenvalue weighted by atomic mass is 16.6. The van der Waals surface area contributed by atoms with E-state index in [9.17, 15) is 4.79 Å². The second-order valence-corrected chi connectivity index (χ2v) is 6.06. The van der Waals surface area contributed by atoms with Gasteiger partial charge in [0.2, 0.25) is 0 Å². The molecule has 1 N–H and O–H groups in total. The third-order valence-corrected chi connectivity index (χ3v) is 2.93. The second-order valence-electron chi connectivity index (χ2n) is 6.06. The molecule has 0 atom stereocenters. The van der Waals surface area contributed by atoms with E-state index in [1.54, 1.807) is 29.2 Å². The van der Waals surface area contributed by atoms with Crippen molar-refractivity contribution in [2.24, 2.45) is 5.92 Å². The van der Waals surface area contributed by atoms with Crippen LogP contribution in [-0.2, 0) is 4.74 Å². The Morgan fingerprint density at radius 2 is 1.90 bits per heavy atom. The molecule has 5 nitrogen and oxygen atoms in total. The number of rotatable bonds is 3. The van der Waals surface area contributed by atoms with E-state index < -0.39 is 5.60 Å². The lowest BCUT2D eigenvalue weighted by Crippen LogP contribution is -2.53. The van der Waals surface area contributed by atoms with Gasteiger partial charge < -0.3 is 19.5 Å². The van der Waals surface area contributed by atoms with Gasteiger partial charge in [-0.05, 0) is 45.0 Å². The van der Waals surface area contributed by atoms with Gasteiger partial charge in [0.1, 0.15) is 17.1 Å². The first kappa shape index (κ1) is 14.5. The van der Waals surface area contributed by atoms with Gasteiger partial charge in [0.05, 0.1) is 6.61 Å². The maximum Gasteiger partial charge on any atom is 0.410 e. The number of likely N-dealkylation sites (tertiary alicyclic amines) is 1. The molecule has 1 aromatic carbocycles. The molecule has 0 aliphatic carbocycles. The van der Waals surface area contributed by atoms with Gasteiger partial charge in [0, 0.05) is 19.0 Å². The van der Waals surface area contributed by atoms with Gasteiger partial charge in [-0.1, -0.05) is 0 Å². The quantitative estimate of drug-likeness (QED) is 0.924. The molecule has 1 amide bonds. The van der Waals surface area contributed by atoms with Crippen LogP contribution in [-0.4, -0.2) is 41.4 Å². The Bertz CT molecular complexity index is 458. The Hall–Kier alpha value is -1.91. The molecule has 1 aliphatic rings. The number of amides is 1. The molecule has 1 aromatic rings. The third-order valence-electron chi connectivity index (χ3n) is 2.93. The van der Waals surface area contributed by atoms with Gasteiger partial charge in [0.15, 0.2) is 0 Å². The zero-order valence-corrected chi connectivity index (χ0v) is 12.1. The summed E-state index contributed by atoms with van der Waals surface area (Å²) < 4.78 is 10.9. The first-order valence-electron chi connectivity index (χ1n) is 6.73. The minimum absolute atomic E-state index is 0.220. The Kier molecular flexibility index (Phi) is 4.06. The van der Waals surface area contributed by atoms with Crippen LogP contribution in [0.4, 0.5) is 4.79 Å². The lowest BCUT2D eigenvalue weighted by atomic mass is 10.0. The zero-order chi connectivity index (χ0) is 14.8. The van der Waals surface area contributed by atoms with Crippen molar-refractivity contribution in [2.75, 3.05) is 19.7 Å². The second kappa shape index (κ2) is 5.61. The average molecular weight is 279 g/mol. The maximum absolute atomic E-state index is 11.7. The summed E-state index contributed by atoms with van der Waals surface area (Å²) in [5.74, 6) is 1.27. The molecule has 0 unspecified atom stereocenters. The number of ether oxygens (including phenoxy) is 2. The fourth-order valence-electron chi connectivity index (χ4n) is 1.91. The highest BCUT2D eigenvalue weighted by Crippen LogP contribution is 2.22. The van der Waals surface area contributed by atoms with E-state index in [0.29, 0.717) is 25.6 Å². The van der Waals surface area contributed by atoms with Crippen molar-refractivity contribution in [1.29, 1.82) is 0 Å². The van der Waals surface area contributed by atoms with Crippen LogP contribution in [0.15, 0.2) is 24.3 Å². The van der Waals surface area contributed by atoms with Crippen LogP contribution < -0.4 is 4.74 Å². The lowest BCUT2D eigenvalue weighted by Gasteiger charge is -2.39. The topological polar surface area (TPSA) is 59.0 Å². The molecule has 2 rings (SSSR count). The van der Waals surface area contributed by atoms with Crippen LogP contribution in [0.2, 0.25) is 0 Å². The van der Waals surface area contributed by atoms with E-state index >= 15 is 0 Å². The van der Waals surface area contributed by atoms with Crippen LogP contribution in [0.25, 0.3) is 0 Å². The number of nitrogens with zero attached hydrogens (tertiary/aromatic N) is 1. The number of benzene rings is 1. The van der Waals surface area contributed by atoms with E-state index in [2.05, 4.69) is 0 Å². The minimum atomic E-state index is -0.454. The Morgan fingerprint density at radius 3 is 2.45 bits per heavy atom. The molecule has 0 bridgehead atoms. The molecule has 1 saturated heterocycles. The van der Waals surface area contributed by atoms with Crippen LogP contribution in [0.3, 0.4) is 0 Å². The number of phenolic OH excluding ortho intramolecular Hbond substituents is 1. The van der Waals surface area contributed by atoms with Crippen molar-refractivity contribution in [1.82, 2.24) is 4.90 Å². The fraction of sp³-hybridized carbons (Fsp3) is 0.533. The summed E-state index contributed by atoms with van der Waals surface area (Å²) in [7, 11) is 0. The average Bonchev–Trinajstić information content (AvgIpc) is 2.27. The number of carbonyl (C=O) groups is 1. The monoisotopic (exact) mass is 279 g/mol. The molecule has 0 saturated carbocycles. The highest BCUT2D eigenvalue weighted by Gasteiger charge is 2.33.